The highest BCUT2D eigenvalue weighted by Gasteiger charge is 2.13. The second-order valence-corrected chi connectivity index (χ2v) is 7.03. The normalized spacial score (nSPS) is 12.9. The molecule has 2 aromatic carbocycles. The number of nitrogens with zero attached hydrogens (tertiary/aromatic N) is 3. The first-order valence-electron chi connectivity index (χ1n) is 9.12. The van der Waals surface area contributed by atoms with Crippen LogP contribution in [0.2, 0.25) is 0 Å². The maximum absolute atomic E-state index is 4.27. The van der Waals surface area contributed by atoms with E-state index in [-0.39, 0.29) is 0 Å². The lowest BCUT2D eigenvalue weighted by molar-refractivity contribution is 1.13. The minimum atomic E-state index is 0.988. The third-order valence-electron chi connectivity index (χ3n) is 4.72. The predicted octanol–water partition coefficient (Wildman–Crippen LogP) is 4.82. The topological polar surface area (TPSA) is 18.8 Å². The Balaban J connectivity index is 2.21. The van der Waals surface area contributed by atoms with Crippen molar-refractivity contribution in [1.82, 2.24) is 0 Å². The van der Waals surface area contributed by atoms with E-state index in [1.165, 1.54) is 33.6 Å². The van der Waals surface area contributed by atoms with E-state index in [0.717, 1.165) is 5.71 Å². The fraction of sp³-hybridized carbons (Fsp3) is 0.208. The molecule has 0 saturated heterocycles. The number of hydrogen-bond acceptors (Lipinski definition) is 3. The molecule has 3 rings (SSSR count). The zero-order valence-electron chi connectivity index (χ0n) is 16.8. The highest BCUT2D eigenvalue weighted by atomic mass is 15.1. The van der Waals surface area contributed by atoms with E-state index in [1.807, 2.05) is 7.05 Å². The van der Waals surface area contributed by atoms with Gasteiger partial charge in [-0.1, -0.05) is 36.4 Å². The molecule has 2 aromatic rings. The van der Waals surface area contributed by atoms with Gasteiger partial charge in [-0.3, -0.25) is 4.99 Å². The summed E-state index contributed by atoms with van der Waals surface area (Å²) in [6.45, 7) is 0. The van der Waals surface area contributed by atoms with Crippen LogP contribution in [0.15, 0.2) is 83.4 Å². The number of anilines is 2. The van der Waals surface area contributed by atoms with Crippen molar-refractivity contribution in [2.24, 2.45) is 4.99 Å². The molecular formula is C24H27N3. The number of allylic oxidation sites excluding steroid dienone is 5. The van der Waals surface area contributed by atoms with Crippen LogP contribution in [0.5, 0.6) is 0 Å². The van der Waals surface area contributed by atoms with Gasteiger partial charge >= 0.3 is 0 Å². The van der Waals surface area contributed by atoms with Crippen LogP contribution in [0.4, 0.5) is 11.4 Å². The van der Waals surface area contributed by atoms with Gasteiger partial charge in [0.1, 0.15) is 0 Å². The predicted molar refractivity (Wildman–Crippen MR) is 119 cm³/mol. The first kappa shape index (κ1) is 18.7. The van der Waals surface area contributed by atoms with Gasteiger partial charge in [0.15, 0.2) is 0 Å². The van der Waals surface area contributed by atoms with Crippen molar-refractivity contribution in [2.45, 2.75) is 0 Å². The molecule has 0 aliphatic heterocycles. The molecule has 0 atom stereocenters. The fourth-order valence-electron chi connectivity index (χ4n) is 3.16. The van der Waals surface area contributed by atoms with E-state index in [2.05, 4.69) is 116 Å². The summed E-state index contributed by atoms with van der Waals surface area (Å²) < 4.78 is 0. The van der Waals surface area contributed by atoms with Crippen LogP contribution in [0.1, 0.15) is 11.1 Å². The summed E-state index contributed by atoms with van der Waals surface area (Å²) in [5, 5.41) is 0. The van der Waals surface area contributed by atoms with Crippen LogP contribution < -0.4 is 9.80 Å². The Morgan fingerprint density at radius 1 is 0.704 bits per heavy atom. The first-order chi connectivity index (χ1) is 13.0. The number of rotatable bonds is 4. The molecule has 0 heterocycles. The maximum atomic E-state index is 4.27. The lowest BCUT2D eigenvalue weighted by atomic mass is 9.90. The van der Waals surface area contributed by atoms with Crippen LogP contribution >= 0.6 is 0 Å². The van der Waals surface area contributed by atoms with Crippen LogP contribution in [-0.2, 0) is 0 Å². The third-order valence-corrected chi connectivity index (χ3v) is 4.72. The summed E-state index contributed by atoms with van der Waals surface area (Å²) in [4.78, 5) is 8.54. The van der Waals surface area contributed by atoms with Gasteiger partial charge in [-0.05, 0) is 58.7 Å². The van der Waals surface area contributed by atoms with Gasteiger partial charge in [0.05, 0.1) is 5.71 Å². The van der Waals surface area contributed by atoms with Gasteiger partial charge < -0.3 is 9.80 Å². The molecule has 0 unspecified atom stereocenters. The Bertz CT molecular complexity index is 872. The van der Waals surface area contributed by atoms with Crippen LogP contribution in [-0.4, -0.2) is 41.0 Å². The van der Waals surface area contributed by atoms with Gasteiger partial charge in [-0.2, -0.15) is 0 Å². The molecule has 0 N–H and O–H groups in total. The Morgan fingerprint density at radius 2 is 1.19 bits per heavy atom. The summed E-state index contributed by atoms with van der Waals surface area (Å²) in [7, 11) is 10.1. The fourth-order valence-corrected chi connectivity index (χ4v) is 3.16. The zero-order valence-corrected chi connectivity index (χ0v) is 16.8. The summed E-state index contributed by atoms with van der Waals surface area (Å²) in [5.74, 6) is 0. The Kier molecular flexibility index (Phi) is 5.60. The van der Waals surface area contributed by atoms with Gasteiger partial charge in [0.25, 0.3) is 0 Å². The molecular weight excluding hydrogens is 330 g/mol. The molecule has 0 radical (unpaired) electrons. The van der Waals surface area contributed by atoms with Crippen molar-refractivity contribution in [3.05, 3.63) is 89.5 Å². The van der Waals surface area contributed by atoms with Crippen molar-refractivity contribution in [3.8, 4) is 0 Å². The summed E-state index contributed by atoms with van der Waals surface area (Å²) in [5.41, 5.74) is 8.20. The maximum Gasteiger partial charge on any atom is 0.0571 e. The van der Waals surface area contributed by atoms with Gasteiger partial charge in [0, 0.05) is 46.6 Å². The van der Waals surface area contributed by atoms with Crippen molar-refractivity contribution in [1.29, 1.82) is 0 Å². The largest absolute Gasteiger partial charge is 0.378 e. The van der Waals surface area contributed by atoms with E-state index in [9.17, 15) is 0 Å². The van der Waals surface area contributed by atoms with Gasteiger partial charge in [0.2, 0.25) is 0 Å². The molecule has 0 amide bonds. The second-order valence-electron chi connectivity index (χ2n) is 7.03. The average molecular weight is 358 g/mol. The minimum Gasteiger partial charge on any atom is -0.378 e. The smallest absolute Gasteiger partial charge is 0.0571 e. The van der Waals surface area contributed by atoms with E-state index >= 15 is 0 Å². The van der Waals surface area contributed by atoms with E-state index in [0.29, 0.717) is 0 Å². The second kappa shape index (κ2) is 8.09. The van der Waals surface area contributed by atoms with Crippen molar-refractivity contribution in [3.63, 3.8) is 0 Å². The monoisotopic (exact) mass is 357 g/mol. The Labute approximate surface area is 162 Å². The number of benzene rings is 2. The number of aliphatic imine (C=N–C) groups is 1. The molecule has 3 heteroatoms. The Hall–Kier alpha value is -3.07. The molecule has 0 bridgehead atoms. The van der Waals surface area contributed by atoms with E-state index < -0.39 is 0 Å². The van der Waals surface area contributed by atoms with Gasteiger partial charge in [-0.15, -0.1) is 0 Å². The molecule has 1 aliphatic rings. The van der Waals surface area contributed by atoms with E-state index in [4.69, 9.17) is 0 Å². The van der Waals surface area contributed by atoms with Crippen molar-refractivity contribution in [2.75, 3.05) is 45.0 Å². The SMILES string of the molecule is CN=C1C=CC(=C(c2cccc(N(C)C)c2)c2cccc(N(C)C)c2)C=C1. The van der Waals surface area contributed by atoms with Crippen LogP contribution in [0.3, 0.4) is 0 Å². The lowest BCUT2D eigenvalue weighted by Crippen LogP contribution is -2.09. The summed E-state index contributed by atoms with van der Waals surface area (Å²) in [6, 6.07) is 17.4. The molecule has 1 aliphatic carbocycles. The molecule has 0 fully saturated rings. The molecule has 0 aromatic heterocycles. The molecule has 3 nitrogen and oxygen atoms in total. The quantitative estimate of drug-likeness (QED) is 0.781. The highest BCUT2D eigenvalue weighted by molar-refractivity contribution is 6.07. The van der Waals surface area contributed by atoms with Gasteiger partial charge in [-0.25, -0.2) is 0 Å². The van der Waals surface area contributed by atoms with Crippen molar-refractivity contribution < 1.29 is 0 Å². The minimum absolute atomic E-state index is 0.988. The molecule has 138 valence electrons. The summed E-state index contributed by atoms with van der Waals surface area (Å²) in [6.07, 6.45) is 8.45. The zero-order chi connectivity index (χ0) is 19.4. The van der Waals surface area contributed by atoms with E-state index in [1.54, 1.807) is 0 Å². The average Bonchev–Trinajstić information content (AvgIpc) is 2.69. The Morgan fingerprint density at radius 3 is 1.59 bits per heavy atom. The standard InChI is InChI=1S/C24H27N3/c1-25-21-14-12-18(13-15-21)24(19-8-6-10-22(16-19)26(2)3)20-9-7-11-23(17-20)27(4)5/h6-17H,1-5H3. The summed E-state index contributed by atoms with van der Waals surface area (Å²) >= 11 is 0. The van der Waals surface area contributed by atoms with Crippen LogP contribution in [0, 0.1) is 0 Å². The molecule has 27 heavy (non-hydrogen) atoms. The van der Waals surface area contributed by atoms with Crippen LogP contribution in [0.25, 0.3) is 5.57 Å². The molecule has 0 saturated carbocycles. The third kappa shape index (κ3) is 4.20. The highest BCUT2D eigenvalue weighted by Crippen LogP contribution is 2.33. The number of hydrogen-bond donors (Lipinski definition) is 0. The van der Waals surface area contributed by atoms with Crippen molar-refractivity contribution >= 4 is 22.7 Å². The first-order valence-corrected chi connectivity index (χ1v) is 9.12. The lowest BCUT2D eigenvalue weighted by Gasteiger charge is -2.19. The molecule has 0 spiro atoms.